The number of ether oxygens (including phenoxy) is 1. The molecule has 136 valence electrons. The second-order valence-corrected chi connectivity index (χ2v) is 7.27. The first-order chi connectivity index (χ1) is 11.6. The zero-order valence-corrected chi connectivity index (χ0v) is 15.9. The first-order valence-corrected chi connectivity index (χ1v) is 9.02. The fourth-order valence-electron chi connectivity index (χ4n) is 2.67. The van der Waals surface area contributed by atoms with Gasteiger partial charge >= 0.3 is 0 Å². The van der Waals surface area contributed by atoms with Crippen LogP contribution < -0.4 is 11.1 Å². The summed E-state index contributed by atoms with van der Waals surface area (Å²) < 4.78 is 5.30. The number of hydrogen-bond donors (Lipinski definition) is 2. The molecule has 0 radical (unpaired) electrons. The highest BCUT2D eigenvalue weighted by Crippen LogP contribution is 2.22. The molecule has 1 aliphatic rings. The van der Waals surface area contributed by atoms with E-state index in [4.69, 9.17) is 22.1 Å². The lowest BCUT2D eigenvalue weighted by Gasteiger charge is -2.26. The minimum Gasteiger partial charge on any atom is -0.381 e. The number of anilines is 1. The molecular formula is C16H20Cl2N4O2S. The average molecular weight is 403 g/mol. The van der Waals surface area contributed by atoms with Gasteiger partial charge in [-0.15, -0.1) is 22.6 Å². The molecule has 2 heterocycles. The lowest BCUT2D eigenvalue weighted by atomic mass is 9.92. The van der Waals surface area contributed by atoms with Crippen LogP contribution >= 0.6 is 35.3 Å². The molecule has 1 aliphatic heterocycles. The predicted octanol–water partition coefficient (Wildman–Crippen LogP) is 2.90. The van der Waals surface area contributed by atoms with Crippen molar-refractivity contribution >= 4 is 46.4 Å². The van der Waals surface area contributed by atoms with Crippen molar-refractivity contribution in [3.8, 4) is 0 Å². The van der Waals surface area contributed by atoms with E-state index in [-0.39, 0.29) is 24.2 Å². The van der Waals surface area contributed by atoms with Crippen LogP contribution in [0.2, 0.25) is 5.02 Å². The third-order valence-corrected chi connectivity index (χ3v) is 5.09. The molecule has 0 saturated carbocycles. The smallest absolute Gasteiger partial charge is 0.243 e. The van der Waals surface area contributed by atoms with Crippen molar-refractivity contribution in [3.63, 3.8) is 0 Å². The molecule has 6 nitrogen and oxygen atoms in total. The molecule has 9 heteroatoms. The molecule has 1 aromatic heterocycles. The van der Waals surface area contributed by atoms with Gasteiger partial charge in [0.25, 0.3) is 0 Å². The van der Waals surface area contributed by atoms with Gasteiger partial charge in [0.1, 0.15) is 5.01 Å². The Morgan fingerprint density at radius 2 is 2.16 bits per heavy atom. The molecule has 1 atom stereocenters. The molecule has 1 saturated heterocycles. The summed E-state index contributed by atoms with van der Waals surface area (Å²) in [5.41, 5.74) is 7.11. The first-order valence-electron chi connectivity index (χ1n) is 7.83. The average Bonchev–Trinajstić information content (AvgIpc) is 3.02. The van der Waals surface area contributed by atoms with Crippen molar-refractivity contribution in [1.82, 2.24) is 10.2 Å². The van der Waals surface area contributed by atoms with Gasteiger partial charge in [-0.1, -0.05) is 35.1 Å². The molecule has 3 N–H and O–H groups in total. The van der Waals surface area contributed by atoms with Gasteiger partial charge in [0, 0.05) is 24.7 Å². The summed E-state index contributed by atoms with van der Waals surface area (Å²) in [5, 5.41) is 12.9. The summed E-state index contributed by atoms with van der Waals surface area (Å²) >= 11 is 7.33. The van der Waals surface area contributed by atoms with E-state index < -0.39 is 6.04 Å². The number of amides is 1. The van der Waals surface area contributed by atoms with Crippen molar-refractivity contribution in [1.29, 1.82) is 0 Å². The van der Waals surface area contributed by atoms with E-state index in [0.717, 1.165) is 23.4 Å². The number of carbonyl (C=O) groups is 1. The van der Waals surface area contributed by atoms with Crippen molar-refractivity contribution in [2.24, 2.45) is 11.7 Å². The topological polar surface area (TPSA) is 90.1 Å². The van der Waals surface area contributed by atoms with Crippen molar-refractivity contribution in [2.45, 2.75) is 25.3 Å². The zero-order valence-electron chi connectivity index (χ0n) is 13.5. The summed E-state index contributed by atoms with van der Waals surface area (Å²) in [6.45, 7) is 1.32. The Kier molecular flexibility index (Phi) is 7.58. The number of nitrogens with two attached hydrogens (primary N) is 1. The number of benzene rings is 1. The number of rotatable bonds is 5. The number of hydrogen-bond acceptors (Lipinski definition) is 6. The van der Waals surface area contributed by atoms with Crippen molar-refractivity contribution in [3.05, 3.63) is 39.9 Å². The third kappa shape index (κ3) is 5.62. The summed E-state index contributed by atoms with van der Waals surface area (Å²) in [5.74, 6) is -0.0649. The largest absolute Gasteiger partial charge is 0.381 e. The van der Waals surface area contributed by atoms with Gasteiger partial charge in [-0.3, -0.25) is 10.1 Å². The fourth-order valence-corrected chi connectivity index (χ4v) is 3.66. The van der Waals surface area contributed by atoms with Gasteiger partial charge in [0.05, 0.1) is 6.04 Å². The normalized spacial score (nSPS) is 16.1. The van der Waals surface area contributed by atoms with E-state index in [0.29, 0.717) is 29.8 Å². The molecule has 3 rings (SSSR count). The number of nitrogens with one attached hydrogen (secondary N) is 1. The van der Waals surface area contributed by atoms with E-state index >= 15 is 0 Å². The minimum absolute atomic E-state index is 0. The second kappa shape index (κ2) is 9.45. The Hall–Kier alpha value is -1.25. The van der Waals surface area contributed by atoms with Crippen molar-refractivity contribution in [2.75, 3.05) is 18.5 Å². The van der Waals surface area contributed by atoms with Gasteiger partial charge < -0.3 is 10.5 Å². The summed E-state index contributed by atoms with van der Waals surface area (Å²) in [6, 6.07) is 7.05. The summed E-state index contributed by atoms with van der Waals surface area (Å²) in [7, 11) is 0. The highest BCUT2D eigenvalue weighted by Gasteiger charge is 2.27. The molecule has 25 heavy (non-hydrogen) atoms. The van der Waals surface area contributed by atoms with E-state index in [1.165, 1.54) is 11.3 Å². The van der Waals surface area contributed by atoms with Crippen LogP contribution in [0.1, 0.15) is 23.4 Å². The number of carbonyl (C=O) groups excluding carboxylic acids is 1. The summed E-state index contributed by atoms with van der Waals surface area (Å²) in [6.07, 6.45) is 2.25. The van der Waals surface area contributed by atoms with Crippen molar-refractivity contribution < 1.29 is 9.53 Å². The Bertz CT molecular complexity index is 707. The monoisotopic (exact) mass is 402 g/mol. The molecule has 1 fully saturated rings. The van der Waals surface area contributed by atoms with Crippen LogP contribution in [0, 0.1) is 5.92 Å². The maximum atomic E-state index is 12.3. The lowest BCUT2D eigenvalue weighted by molar-refractivity contribution is -0.119. The van der Waals surface area contributed by atoms with Crippen LogP contribution in [0.4, 0.5) is 5.13 Å². The van der Waals surface area contributed by atoms with E-state index in [1.54, 1.807) is 0 Å². The quantitative estimate of drug-likeness (QED) is 0.801. The molecule has 1 amide bonds. The molecular weight excluding hydrogens is 383 g/mol. The van der Waals surface area contributed by atoms with Crippen LogP contribution in [0.25, 0.3) is 0 Å². The number of aromatic nitrogens is 2. The standard InChI is InChI=1S/C16H19ClN4O2S.ClH/c17-12-3-1-2-10(8-12)9-13-20-21-16(24-13)19-15(22)14(18)11-4-6-23-7-5-11;/h1-3,8,11,14H,4-7,9,18H2,(H,19,21,22);1H. The predicted molar refractivity (Wildman–Crippen MR) is 102 cm³/mol. The van der Waals surface area contributed by atoms with Gasteiger partial charge in [0.15, 0.2) is 0 Å². The molecule has 1 aromatic carbocycles. The van der Waals surface area contributed by atoms with E-state index in [1.807, 2.05) is 24.3 Å². The Morgan fingerprint density at radius 1 is 1.40 bits per heavy atom. The fraction of sp³-hybridized carbons (Fsp3) is 0.438. The molecule has 1 unspecified atom stereocenters. The summed E-state index contributed by atoms with van der Waals surface area (Å²) in [4.78, 5) is 12.3. The second-order valence-electron chi connectivity index (χ2n) is 5.77. The van der Waals surface area contributed by atoms with Gasteiger partial charge in [0.2, 0.25) is 11.0 Å². The molecule has 0 spiro atoms. The van der Waals surface area contributed by atoms with Crippen LogP contribution in [-0.2, 0) is 16.0 Å². The SMILES string of the molecule is Cl.NC(C(=O)Nc1nnc(Cc2cccc(Cl)c2)s1)C1CCOCC1. The Balaban J connectivity index is 0.00000225. The first kappa shape index (κ1) is 20.1. The van der Waals surface area contributed by atoms with E-state index in [9.17, 15) is 4.79 Å². The van der Waals surface area contributed by atoms with Crippen LogP contribution in [0.5, 0.6) is 0 Å². The van der Waals surface area contributed by atoms with Gasteiger partial charge in [-0.2, -0.15) is 0 Å². The number of nitrogens with zero attached hydrogens (tertiary/aromatic N) is 2. The van der Waals surface area contributed by atoms with Crippen LogP contribution in [-0.4, -0.2) is 35.4 Å². The van der Waals surface area contributed by atoms with Gasteiger partial charge in [-0.25, -0.2) is 0 Å². The van der Waals surface area contributed by atoms with Crippen LogP contribution in [0.15, 0.2) is 24.3 Å². The minimum atomic E-state index is -0.547. The Labute approximate surface area is 161 Å². The highest BCUT2D eigenvalue weighted by molar-refractivity contribution is 7.15. The number of halogens is 2. The van der Waals surface area contributed by atoms with Gasteiger partial charge in [-0.05, 0) is 36.5 Å². The highest BCUT2D eigenvalue weighted by atomic mass is 35.5. The maximum Gasteiger partial charge on any atom is 0.243 e. The van der Waals surface area contributed by atoms with Crippen LogP contribution in [0.3, 0.4) is 0 Å². The molecule has 0 bridgehead atoms. The third-order valence-electron chi connectivity index (χ3n) is 4.02. The Morgan fingerprint density at radius 3 is 2.88 bits per heavy atom. The molecule has 0 aliphatic carbocycles. The lowest BCUT2D eigenvalue weighted by Crippen LogP contribution is -2.43. The maximum absolute atomic E-state index is 12.3. The zero-order chi connectivity index (χ0) is 16.9. The molecule has 2 aromatic rings. The van der Waals surface area contributed by atoms with E-state index in [2.05, 4.69) is 15.5 Å².